The van der Waals surface area contributed by atoms with Crippen molar-refractivity contribution in [3.63, 3.8) is 0 Å². The molecule has 2 rings (SSSR count). The second-order valence-corrected chi connectivity index (χ2v) is 4.82. The van der Waals surface area contributed by atoms with Crippen LogP contribution < -0.4 is 10.6 Å². The Labute approximate surface area is 101 Å². The Morgan fingerprint density at radius 2 is 2.00 bits per heavy atom. The Hall–Kier alpha value is -1.71. The average molecular weight is 233 g/mol. The van der Waals surface area contributed by atoms with Gasteiger partial charge in [-0.15, -0.1) is 0 Å². The standard InChI is InChI=1S/C13H19N3O/c1-8(2)9(3)16(4)13-15-11-7-10(14)5-6-12(11)17-13/h5-9H,14H2,1-4H3. The summed E-state index contributed by atoms with van der Waals surface area (Å²) >= 11 is 0. The SMILES string of the molecule is CC(C)C(C)N(C)c1nc2cc(N)ccc2o1. The van der Waals surface area contributed by atoms with E-state index in [-0.39, 0.29) is 0 Å². The molecule has 1 atom stereocenters. The Morgan fingerprint density at radius 3 is 2.65 bits per heavy atom. The highest BCUT2D eigenvalue weighted by Crippen LogP contribution is 2.25. The maximum atomic E-state index is 5.72. The molecule has 0 radical (unpaired) electrons. The first kappa shape index (κ1) is 11.8. The molecule has 0 aliphatic rings. The van der Waals surface area contributed by atoms with Gasteiger partial charge in [-0.3, -0.25) is 0 Å². The van der Waals surface area contributed by atoms with Gasteiger partial charge in [0.2, 0.25) is 0 Å². The zero-order valence-corrected chi connectivity index (χ0v) is 10.8. The van der Waals surface area contributed by atoms with Crippen LogP contribution in [-0.4, -0.2) is 18.1 Å². The highest BCUT2D eigenvalue weighted by Gasteiger charge is 2.18. The lowest BCUT2D eigenvalue weighted by Crippen LogP contribution is -2.33. The monoisotopic (exact) mass is 233 g/mol. The lowest BCUT2D eigenvalue weighted by atomic mass is 10.1. The lowest BCUT2D eigenvalue weighted by molar-refractivity contribution is 0.467. The van der Waals surface area contributed by atoms with E-state index in [1.54, 1.807) is 0 Å². The number of nitrogens with zero attached hydrogens (tertiary/aromatic N) is 2. The van der Waals surface area contributed by atoms with Gasteiger partial charge in [-0.05, 0) is 31.0 Å². The number of anilines is 2. The molecular formula is C13H19N3O. The summed E-state index contributed by atoms with van der Waals surface area (Å²) in [6.45, 7) is 6.53. The second-order valence-electron chi connectivity index (χ2n) is 4.82. The van der Waals surface area contributed by atoms with Gasteiger partial charge in [0.25, 0.3) is 6.01 Å². The number of fused-ring (bicyclic) bond motifs is 1. The van der Waals surface area contributed by atoms with E-state index in [1.807, 2.05) is 25.2 Å². The summed E-state index contributed by atoms with van der Waals surface area (Å²) in [4.78, 5) is 6.51. The fraction of sp³-hybridized carbons (Fsp3) is 0.462. The first-order valence-corrected chi connectivity index (χ1v) is 5.88. The van der Waals surface area contributed by atoms with E-state index in [0.717, 1.165) is 11.1 Å². The molecule has 1 heterocycles. The topological polar surface area (TPSA) is 55.3 Å². The first-order chi connectivity index (χ1) is 7.99. The van der Waals surface area contributed by atoms with E-state index in [1.165, 1.54) is 0 Å². The number of nitrogen functional groups attached to an aromatic ring is 1. The predicted molar refractivity (Wildman–Crippen MR) is 71.1 cm³/mol. The van der Waals surface area contributed by atoms with Crippen molar-refractivity contribution in [2.45, 2.75) is 26.8 Å². The Morgan fingerprint density at radius 1 is 1.29 bits per heavy atom. The average Bonchev–Trinajstić information content (AvgIpc) is 2.69. The molecule has 2 aromatic rings. The summed E-state index contributed by atoms with van der Waals surface area (Å²) in [6.07, 6.45) is 0. The molecule has 17 heavy (non-hydrogen) atoms. The van der Waals surface area contributed by atoms with E-state index in [2.05, 4.69) is 30.7 Å². The van der Waals surface area contributed by atoms with Crippen LogP contribution in [0.3, 0.4) is 0 Å². The van der Waals surface area contributed by atoms with Gasteiger partial charge in [0.05, 0.1) is 0 Å². The molecule has 0 fully saturated rings. The number of rotatable bonds is 3. The van der Waals surface area contributed by atoms with Crippen molar-refractivity contribution in [2.75, 3.05) is 17.7 Å². The van der Waals surface area contributed by atoms with Gasteiger partial charge in [-0.1, -0.05) is 13.8 Å². The van der Waals surface area contributed by atoms with E-state index in [0.29, 0.717) is 23.7 Å². The molecule has 92 valence electrons. The molecule has 0 saturated heterocycles. The molecule has 0 bridgehead atoms. The largest absolute Gasteiger partial charge is 0.423 e. The van der Waals surface area contributed by atoms with Crippen molar-refractivity contribution in [1.82, 2.24) is 4.98 Å². The van der Waals surface area contributed by atoms with Crippen molar-refractivity contribution >= 4 is 22.8 Å². The highest BCUT2D eigenvalue weighted by atomic mass is 16.4. The van der Waals surface area contributed by atoms with E-state index in [4.69, 9.17) is 10.2 Å². The summed E-state index contributed by atoms with van der Waals surface area (Å²) in [5.41, 5.74) is 8.01. The van der Waals surface area contributed by atoms with E-state index < -0.39 is 0 Å². The maximum Gasteiger partial charge on any atom is 0.298 e. The summed E-state index contributed by atoms with van der Waals surface area (Å²) in [5.74, 6) is 0.542. The molecule has 0 amide bonds. The van der Waals surface area contributed by atoms with E-state index >= 15 is 0 Å². The number of benzene rings is 1. The van der Waals surface area contributed by atoms with Crippen LogP contribution in [0, 0.1) is 5.92 Å². The Balaban J connectivity index is 2.36. The molecule has 1 unspecified atom stereocenters. The van der Waals surface area contributed by atoms with Crippen molar-refractivity contribution in [3.8, 4) is 0 Å². The summed E-state index contributed by atoms with van der Waals surface area (Å²) in [7, 11) is 2.00. The fourth-order valence-corrected chi connectivity index (χ4v) is 1.70. The summed E-state index contributed by atoms with van der Waals surface area (Å²) in [6, 6.07) is 6.53. The van der Waals surface area contributed by atoms with Gasteiger partial charge in [-0.2, -0.15) is 4.98 Å². The molecule has 4 heteroatoms. The molecule has 4 nitrogen and oxygen atoms in total. The van der Waals surface area contributed by atoms with Crippen LogP contribution in [0.15, 0.2) is 22.6 Å². The zero-order chi connectivity index (χ0) is 12.6. The number of nitrogens with two attached hydrogens (primary N) is 1. The minimum absolute atomic E-state index is 0.375. The van der Waals surface area contributed by atoms with Gasteiger partial charge in [-0.25, -0.2) is 0 Å². The minimum atomic E-state index is 0.375. The van der Waals surface area contributed by atoms with E-state index in [9.17, 15) is 0 Å². The third-order valence-electron chi connectivity index (χ3n) is 3.28. The number of oxazole rings is 1. The maximum absolute atomic E-state index is 5.72. The molecule has 0 spiro atoms. The van der Waals surface area contributed by atoms with Gasteiger partial charge in [0.15, 0.2) is 5.58 Å². The molecule has 1 aromatic heterocycles. The summed E-state index contributed by atoms with van der Waals surface area (Å²) in [5, 5.41) is 0. The number of aromatic nitrogens is 1. The van der Waals surface area contributed by atoms with Gasteiger partial charge in [0.1, 0.15) is 5.52 Å². The van der Waals surface area contributed by atoms with Crippen molar-refractivity contribution < 1.29 is 4.42 Å². The predicted octanol–water partition coefficient (Wildman–Crippen LogP) is 2.89. The number of hydrogen-bond acceptors (Lipinski definition) is 4. The van der Waals surface area contributed by atoms with Crippen LogP contribution in [0.2, 0.25) is 0 Å². The second kappa shape index (κ2) is 4.28. The van der Waals surface area contributed by atoms with Crippen LogP contribution in [-0.2, 0) is 0 Å². The zero-order valence-electron chi connectivity index (χ0n) is 10.8. The third-order valence-corrected chi connectivity index (χ3v) is 3.28. The molecule has 0 aliphatic heterocycles. The normalized spacial score (nSPS) is 13.2. The van der Waals surface area contributed by atoms with Crippen LogP contribution in [0.5, 0.6) is 0 Å². The van der Waals surface area contributed by atoms with Crippen LogP contribution >= 0.6 is 0 Å². The van der Waals surface area contributed by atoms with Gasteiger partial charge in [0, 0.05) is 18.8 Å². The molecular weight excluding hydrogens is 214 g/mol. The lowest BCUT2D eigenvalue weighted by Gasteiger charge is -2.26. The van der Waals surface area contributed by atoms with Crippen LogP contribution in [0.25, 0.3) is 11.1 Å². The molecule has 0 aliphatic carbocycles. The van der Waals surface area contributed by atoms with Crippen LogP contribution in [0.1, 0.15) is 20.8 Å². The quantitative estimate of drug-likeness (QED) is 0.828. The Kier molecular flexibility index (Phi) is 2.96. The molecule has 1 aromatic carbocycles. The van der Waals surface area contributed by atoms with Crippen molar-refractivity contribution in [1.29, 1.82) is 0 Å². The smallest absolute Gasteiger partial charge is 0.298 e. The first-order valence-electron chi connectivity index (χ1n) is 5.88. The van der Waals surface area contributed by atoms with Gasteiger partial charge < -0.3 is 15.1 Å². The Bertz CT molecular complexity index is 518. The number of hydrogen-bond donors (Lipinski definition) is 1. The molecule has 2 N–H and O–H groups in total. The third kappa shape index (κ3) is 2.20. The van der Waals surface area contributed by atoms with Gasteiger partial charge >= 0.3 is 0 Å². The fourth-order valence-electron chi connectivity index (χ4n) is 1.70. The van der Waals surface area contributed by atoms with Crippen LogP contribution in [0.4, 0.5) is 11.7 Å². The highest BCUT2D eigenvalue weighted by molar-refractivity contribution is 5.78. The minimum Gasteiger partial charge on any atom is -0.423 e. The van der Waals surface area contributed by atoms with Crippen molar-refractivity contribution in [3.05, 3.63) is 18.2 Å². The molecule has 0 saturated carbocycles. The van der Waals surface area contributed by atoms with Crippen molar-refractivity contribution in [2.24, 2.45) is 5.92 Å². The summed E-state index contributed by atoms with van der Waals surface area (Å²) < 4.78 is 5.72.